The topological polar surface area (TPSA) is 133 Å². The predicted molar refractivity (Wildman–Crippen MR) is 113 cm³/mol. The number of anilines is 1. The molecule has 2 atom stereocenters. The average molecular weight is 432 g/mol. The zero-order valence-corrected chi connectivity index (χ0v) is 17.4. The smallest absolute Gasteiger partial charge is 0.324 e. The Labute approximate surface area is 175 Å². The third-order valence-corrected chi connectivity index (χ3v) is 5.54. The molecule has 9 heteroatoms. The zero-order chi connectivity index (χ0) is 22.3. The summed E-state index contributed by atoms with van der Waals surface area (Å²) in [5.74, 6) is -2.36. The van der Waals surface area contributed by atoms with Gasteiger partial charge in [-0.15, -0.1) is 0 Å². The summed E-state index contributed by atoms with van der Waals surface area (Å²) in [6.45, 7) is 3.45. The van der Waals surface area contributed by atoms with Crippen molar-refractivity contribution in [3.8, 4) is 0 Å². The monoisotopic (exact) mass is 432 g/mol. The molecule has 2 aromatic rings. The number of carbonyl (C=O) groups is 2. The second kappa shape index (κ2) is 10.0. The van der Waals surface area contributed by atoms with Crippen molar-refractivity contribution < 1.29 is 28.2 Å². The lowest BCUT2D eigenvalue weighted by molar-refractivity contribution is -0.141. The highest BCUT2D eigenvalue weighted by Crippen LogP contribution is 2.17. The second-order valence-electron chi connectivity index (χ2n) is 6.94. The van der Waals surface area contributed by atoms with Crippen molar-refractivity contribution >= 4 is 27.6 Å². The van der Waals surface area contributed by atoms with E-state index in [1.165, 1.54) is 30.3 Å². The number of sulfonamides is 1. The van der Waals surface area contributed by atoms with Crippen molar-refractivity contribution in [3.63, 3.8) is 0 Å². The molecule has 0 saturated carbocycles. The highest BCUT2D eigenvalue weighted by Gasteiger charge is 2.25. The third-order valence-electron chi connectivity index (χ3n) is 4.14. The highest BCUT2D eigenvalue weighted by molar-refractivity contribution is 7.92. The summed E-state index contributed by atoms with van der Waals surface area (Å²) in [7, 11) is -3.73. The van der Waals surface area contributed by atoms with Crippen molar-refractivity contribution in [1.29, 1.82) is 0 Å². The van der Waals surface area contributed by atoms with Crippen LogP contribution >= 0.6 is 0 Å². The summed E-state index contributed by atoms with van der Waals surface area (Å²) < 4.78 is 27.2. The molecular formula is C21H24N2O6S. The van der Waals surface area contributed by atoms with Crippen LogP contribution in [0.15, 0.2) is 71.1 Å². The Bertz CT molecular complexity index is 1010. The van der Waals surface area contributed by atoms with E-state index in [1.807, 2.05) is 0 Å². The standard InChI is InChI=1S/C21H24N2O6S/c1-14(2)12-18(20(24)25)22-19(21(26)27)13-15-8-10-16(11-9-15)23-30(28,29)17-6-4-3-5-7-17/h3-12,18-19,22-23H,13H2,1-2H3,(H,24,25)(H,26,27)/t18-,19-/m0/s1. The lowest BCUT2D eigenvalue weighted by atomic mass is 10.0. The van der Waals surface area contributed by atoms with Gasteiger partial charge in [-0.05, 0) is 50.1 Å². The largest absolute Gasteiger partial charge is 0.480 e. The Kier molecular flexibility index (Phi) is 7.73. The van der Waals surface area contributed by atoms with Gasteiger partial charge in [0.15, 0.2) is 0 Å². The average Bonchev–Trinajstić information content (AvgIpc) is 2.68. The molecule has 4 N–H and O–H groups in total. The lowest BCUT2D eigenvalue weighted by Crippen LogP contribution is -2.47. The van der Waals surface area contributed by atoms with Crippen LogP contribution in [0.2, 0.25) is 0 Å². The number of allylic oxidation sites excluding steroid dienone is 1. The first-order valence-electron chi connectivity index (χ1n) is 9.12. The molecule has 0 aromatic heterocycles. The molecule has 0 radical (unpaired) electrons. The van der Waals surface area contributed by atoms with Crippen LogP contribution in [0.4, 0.5) is 5.69 Å². The minimum atomic E-state index is -3.73. The van der Waals surface area contributed by atoms with E-state index in [0.717, 1.165) is 5.57 Å². The molecule has 0 aliphatic rings. The summed E-state index contributed by atoms with van der Waals surface area (Å²) in [4.78, 5) is 23.1. The number of hydrogen-bond acceptors (Lipinski definition) is 5. The van der Waals surface area contributed by atoms with Gasteiger partial charge in [0.05, 0.1) is 4.90 Å². The SMILES string of the molecule is CC(C)=C[C@H](N[C@@H](Cc1ccc(NS(=O)(=O)c2ccccc2)cc1)C(=O)O)C(=O)O. The fraction of sp³-hybridized carbons (Fsp3) is 0.238. The van der Waals surface area contributed by atoms with Crippen LogP contribution in [0.1, 0.15) is 19.4 Å². The summed E-state index contributed by atoms with van der Waals surface area (Å²) in [5.41, 5.74) is 1.68. The van der Waals surface area contributed by atoms with Crippen molar-refractivity contribution in [2.24, 2.45) is 0 Å². The van der Waals surface area contributed by atoms with E-state index < -0.39 is 34.0 Å². The van der Waals surface area contributed by atoms with Crippen molar-refractivity contribution in [1.82, 2.24) is 5.32 Å². The molecule has 0 fully saturated rings. The van der Waals surface area contributed by atoms with E-state index >= 15 is 0 Å². The molecule has 0 aliphatic heterocycles. The van der Waals surface area contributed by atoms with Gasteiger partial charge in [-0.25, -0.2) is 8.42 Å². The van der Waals surface area contributed by atoms with E-state index in [1.54, 1.807) is 44.2 Å². The molecule has 0 amide bonds. The van der Waals surface area contributed by atoms with Gasteiger partial charge in [-0.3, -0.25) is 19.6 Å². The Morgan fingerprint density at radius 1 is 0.967 bits per heavy atom. The fourth-order valence-corrected chi connectivity index (χ4v) is 3.80. The first-order valence-corrected chi connectivity index (χ1v) is 10.6. The van der Waals surface area contributed by atoms with E-state index in [2.05, 4.69) is 10.0 Å². The van der Waals surface area contributed by atoms with Crippen molar-refractivity contribution in [2.75, 3.05) is 4.72 Å². The van der Waals surface area contributed by atoms with Crippen molar-refractivity contribution in [3.05, 3.63) is 71.8 Å². The van der Waals surface area contributed by atoms with Gasteiger partial charge in [-0.1, -0.05) is 42.0 Å². The quantitative estimate of drug-likeness (QED) is 0.424. The summed E-state index contributed by atoms with van der Waals surface area (Å²) >= 11 is 0. The van der Waals surface area contributed by atoms with Crippen LogP contribution in [0.25, 0.3) is 0 Å². The Balaban J connectivity index is 2.11. The Morgan fingerprint density at radius 3 is 2.07 bits per heavy atom. The molecule has 0 bridgehead atoms. The Hall–Kier alpha value is -3.17. The van der Waals surface area contributed by atoms with Crippen LogP contribution < -0.4 is 10.0 Å². The van der Waals surface area contributed by atoms with Gasteiger partial charge >= 0.3 is 11.9 Å². The molecule has 30 heavy (non-hydrogen) atoms. The van der Waals surface area contributed by atoms with Crippen LogP contribution in [-0.4, -0.2) is 42.7 Å². The van der Waals surface area contributed by atoms with E-state index in [9.17, 15) is 28.2 Å². The predicted octanol–water partition coefficient (Wildman–Crippen LogP) is 2.49. The zero-order valence-electron chi connectivity index (χ0n) is 16.6. The number of nitrogens with one attached hydrogen (secondary N) is 2. The van der Waals surface area contributed by atoms with Gasteiger partial charge < -0.3 is 10.2 Å². The molecule has 2 rings (SSSR count). The number of hydrogen-bond donors (Lipinski definition) is 4. The molecule has 0 saturated heterocycles. The number of benzene rings is 2. The number of carboxylic acids is 2. The summed E-state index contributed by atoms with van der Waals surface area (Å²) in [5, 5.41) is 21.4. The first-order chi connectivity index (χ1) is 14.1. The van der Waals surface area contributed by atoms with Crippen molar-refractivity contribution in [2.45, 2.75) is 37.2 Å². The molecular weight excluding hydrogens is 408 g/mol. The molecule has 160 valence electrons. The van der Waals surface area contributed by atoms with Gasteiger partial charge in [0.2, 0.25) is 0 Å². The Morgan fingerprint density at radius 2 is 1.57 bits per heavy atom. The molecule has 0 aliphatic carbocycles. The number of aliphatic carboxylic acids is 2. The van der Waals surface area contributed by atoms with Gasteiger partial charge in [0.25, 0.3) is 10.0 Å². The second-order valence-corrected chi connectivity index (χ2v) is 8.62. The van der Waals surface area contributed by atoms with Crippen LogP contribution in [0, 0.1) is 0 Å². The third kappa shape index (κ3) is 6.71. The maximum Gasteiger partial charge on any atom is 0.324 e. The summed E-state index contributed by atoms with van der Waals surface area (Å²) in [6.07, 6.45) is 1.47. The van der Waals surface area contributed by atoms with E-state index in [4.69, 9.17) is 0 Å². The highest BCUT2D eigenvalue weighted by atomic mass is 32.2. The summed E-state index contributed by atoms with van der Waals surface area (Å²) in [6, 6.07) is 11.9. The molecule has 8 nitrogen and oxygen atoms in total. The first kappa shape index (κ1) is 23.1. The fourth-order valence-electron chi connectivity index (χ4n) is 2.72. The molecule has 0 spiro atoms. The molecule has 0 unspecified atom stereocenters. The van der Waals surface area contributed by atoms with Crippen LogP contribution in [-0.2, 0) is 26.0 Å². The molecule has 0 heterocycles. The molecule has 2 aromatic carbocycles. The van der Waals surface area contributed by atoms with Crippen LogP contribution in [0.5, 0.6) is 0 Å². The minimum Gasteiger partial charge on any atom is -0.480 e. The normalized spacial score (nSPS) is 13.1. The van der Waals surface area contributed by atoms with Crippen LogP contribution in [0.3, 0.4) is 0 Å². The maximum absolute atomic E-state index is 12.4. The van der Waals surface area contributed by atoms with Gasteiger partial charge in [0, 0.05) is 5.69 Å². The van der Waals surface area contributed by atoms with E-state index in [-0.39, 0.29) is 11.3 Å². The number of rotatable bonds is 10. The lowest BCUT2D eigenvalue weighted by Gasteiger charge is -2.19. The minimum absolute atomic E-state index is 0.0292. The van der Waals surface area contributed by atoms with Gasteiger partial charge in [0.1, 0.15) is 12.1 Å². The number of carboxylic acid groups (broad SMARTS) is 2. The van der Waals surface area contributed by atoms with Gasteiger partial charge in [-0.2, -0.15) is 0 Å². The maximum atomic E-state index is 12.4. The van der Waals surface area contributed by atoms with E-state index in [0.29, 0.717) is 11.3 Å².